The molecule has 0 aromatic heterocycles. The molecule has 0 saturated carbocycles. The minimum absolute atomic E-state index is 0.0617. The number of carboxylic acid groups (broad SMARTS) is 1. The van der Waals surface area contributed by atoms with Crippen LogP contribution < -0.4 is 5.32 Å². The summed E-state index contributed by atoms with van der Waals surface area (Å²) >= 11 is 0. The molecule has 0 bridgehead atoms. The molecule has 0 fully saturated rings. The number of carbonyl (C=O) groups excluding carboxylic acids is 5. The third-order valence-corrected chi connectivity index (χ3v) is 5.80. The molecule has 200 valence electrons. The van der Waals surface area contributed by atoms with Crippen LogP contribution in [-0.4, -0.2) is 78.1 Å². The van der Waals surface area contributed by atoms with Crippen LogP contribution in [-0.2, 0) is 39.9 Å². The number of carboxylic acids is 1. The number of rotatable bonds is 10. The van der Waals surface area contributed by atoms with Gasteiger partial charge in [-0.1, -0.05) is 24.3 Å². The van der Waals surface area contributed by atoms with Crippen molar-refractivity contribution >= 4 is 35.7 Å². The van der Waals surface area contributed by atoms with E-state index >= 15 is 0 Å². The van der Waals surface area contributed by atoms with Crippen LogP contribution >= 0.6 is 0 Å². The van der Waals surface area contributed by atoms with Gasteiger partial charge >= 0.3 is 23.9 Å². The molecule has 2 aromatic carbocycles. The van der Waals surface area contributed by atoms with Gasteiger partial charge < -0.3 is 29.5 Å². The molecule has 0 unspecified atom stereocenters. The molecule has 0 aliphatic carbocycles. The Hall–Kier alpha value is -4.74. The zero-order valence-corrected chi connectivity index (χ0v) is 20.9. The molecule has 1 heterocycles. The SMILES string of the molecule is COC(=O)[C@H](COC(C)=O)NC(=O)[C@H](COC(C)=O)N1Cc2c(cccc2-c2cccc(C(=O)O)c2)C1=O. The van der Waals surface area contributed by atoms with E-state index in [1.54, 1.807) is 30.3 Å². The van der Waals surface area contributed by atoms with E-state index in [1.807, 2.05) is 0 Å². The highest BCUT2D eigenvalue weighted by molar-refractivity contribution is 6.03. The maximum Gasteiger partial charge on any atom is 0.335 e. The summed E-state index contributed by atoms with van der Waals surface area (Å²) in [6.07, 6.45) is 0. The molecule has 2 N–H and O–H groups in total. The van der Waals surface area contributed by atoms with E-state index < -0.39 is 61.0 Å². The fourth-order valence-electron chi connectivity index (χ4n) is 3.98. The molecular formula is C26H26N2O10. The number of amides is 2. The van der Waals surface area contributed by atoms with Crippen LogP contribution in [0.1, 0.15) is 40.1 Å². The number of nitrogens with one attached hydrogen (secondary N) is 1. The van der Waals surface area contributed by atoms with Gasteiger partial charge in [-0.15, -0.1) is 0 Å². The van der Waals surface area contributed by atoms with Crippen LogP contribution in [0, 0.1) is 0 Å². The first kappa shape index (κ1) is 27.8. The Morgan fingerprint density at radius 2 is 1.61 bits per heavy atom. The highest BCUT2D eigenvalue weighted by Crippen LogP contribution is 2.34. The zero-order chi connectivity index (χ0) is 28.0. The first-order chi connectivity index (χ1) is 18.0. The van der Waals surface area contributed by atoms with Crippen LogP contribution in [0.15, 0.2) is 42.5 Å². The molecule has 3 rings (SSSR count). The standard InChI is InChI=1S/C26H26N2O10/c1-14(29)37-12-21(26(35)36-3)27-23(31)22(13-38-15(2)30)28-11-20-18(8-5-9-19(20)24(28)32)16-6-4-7-17(10-16)25(33)34/h4-10,21-22H,11-13H2,1-3H3,(H,27,31)(H,33,34)/t21-,22-/m0/s1. The average molecular weight is 526 g/mol. The highest BCUT2D eigenvalue weighted by Gasteiger charge is 2.39. The van der Waals surface area contributed by atoms with E-state index in [0.29, 0.717) is 16.7 Å². The molecule has 38 heavy (non-hydrogen) atoms. The number of fused-ring (bicyclic) bond motifs is 1. The average Bonchev–Trinajstić information content (AvgIpc) is 3.22. The van der Waals surface area contributed by atoms with E-state index in [0.717, 1.165) is 21.0 Å². The number of nitrogens with zero attached hydrogens (tertiary/aromatic N) is 1. The van der Waals surface area contributed by atoms with E-state index in [2.05, 4.69) is 10.1 Å². The van der Waals surface area contributed by atoms with E-state index in [1.165, 1.54) is 17.0 Å². The number of aromatic carboxylic acids is 1. The maximum atomic E-state index is 13.4. The fourth-order valence-corrected chi connectivity index (χ4v) is 3.98. The summed E-state index contributed by atoms with van der Waals surface area (Å²) in [4.78, 5) is 74.2. The maximum absolute atomic E-state index is 13.4. The van der Waals surface area contributed by atoms with Crippen LogP contribution in [0.5, 0.6) is 0 Å². The number of carbonyl (C=O) groups is 6. The fraction of sp³-hybridized carbons (Fsp3) is 0.308. The van der Waals surface area contributed by atoms with E-state index in [9.17, 15) is 33.9 Å². The number of hydrogen-bond donors (Lipinski definition) is 2. The first-order valence-electron chi connectivity index (χ1n) is 11.4. The normalized spacial score (nSPS) is 13.7. The Bertz CT molecular complexity index is 1290. The topological polar surface area (TPSA) is 166 Å². The lowest BCUT2D eigenvalue weighted by atomic mass is 9.96. The Balaban J connectivity index is 1.94. The summed E-state index contributed by atoms with van der Waals surface area (Å²) in [6.45, 7) is 1.19. The number of hydrogen-bond acceptors (Lipinski definition) is 9. The summed E-state index contributed by atoms with van der Waals surface area (Å²) in [6, 6.07) is 8.42. The Morgan fingerprint density at radius 3 is 2.24 bits per heavy atom. The van der Waals surface area contributed by atoms with Gasteiger partial charge in [0.25, 0.3) is 5.91 Å². The molecule has 0 spiro atoms. The second-order valence-electron chi connectivity index (χ2n) is 8.36. The molecule has 1 aliphatic rings. The van der Waals surface area contributed by atoms with Gasteiger partial charge in [0.15, 0.2) is 6.04 Å². The second kappa shape index (κ2) is 12.0. The summed E-state index contributed by atoms with van der Waals surface area (Å²) < 4.78 is 14.5. The lowest BCUT2D eigenvalue weighted by molar-refractivity contribution is -0.153. The Morgan fingerprint density at radius 1 is 0.974 bits per heavy atom. The van der Waals surface area contributed by atoms with Gasteiger partial charge in [-0.3, -0.25) is 19.2 Å². The Kier molecular flexibility index (Phi) is 8.79. The van der Waals surface area contributed by atoms with Gasteiger partial charge in [0, 0.05) is 26.0 Å². The van der Waals surface area contributed by atoms with Crippen LogP contribution in [0.3, 0.4) is 0 Å². The van der Waals surface area contributed by atoms with Crippen LogP contribution in [0.4, 0.5) is 0 Å². The molecule has 2 amide bonds. The largest absolute Gasteiger partial charge is 0.478 e. The van der Waals surface area contributed by atoms with E-state index in [4.69, 9.17) is 9.47 Å². The van der Waals surface area contributed by atoms with Crippen molar-refractivity contribution in [1.29, 1.82) is 0 Å². The molecule has 0 radical (unpaired) electrons. The van der Waals surface area contributed by atoms with Crippen molar-refractivity contribution in [2.75, 3.05) is 20.3 Å². The monoisotopic (exact) mass is 526 g/mol. The van der Waals surface area contributed by atoms with Crippen molar-refractivity contribution in [3.8, 4) is 11.1 Å². The summed E-state index contributed by atoms with van der Waals surface area (Å²) in [7, 11) is 1.09. The number of methoxy groups -OCH3 is 1. The van der Waals surface area contributed by atoms with Gasteiger partial charge in [0.1, 0.15) is 19.3 Å². The highest BCUT2D eigenvalue weighted by atomic mass is 16.5. The number of esters is 3. The zero-order valence-electron chi connectivity index (χ0n) is 20.9. The van der Waals surface area contributed by atoms with Gasteiger partial charge in [-0.2, -0.15) is 0 Å². The Labute approximate surface area is 217 Å². The van der Waals surface area contributed by atoms with Crippen LogP contribution in [0.2, 0.25) is 0 Å². The predicted molar refractivity (Wildman–Crippen MR) is 130 cm³/mol. The molecular weight excluding hydrogens is 500 g/mol. The smallest absolute Gasteiger partial charge is 0.335 e. The van der Waals surface area contributed by atoms with Gasteiger partial charge in [0.05, 0.1) is 12.7 Å². The molecule has 2 atom stereocenters. The lowest BCUT2D eigenvalue weighted by Gasteiger charge is -2.28. The molecule has 1 aliphatic heterocycles. The van der Waals surface area contributed by atoms with Crippen molar-refractivity contribution in [2.45, 2.75) is 32.5 Å². The number of ether oxygens (including phenoxy) is 3. The minimum atomic E-state index is -1.37. The lowest BCUT2D eigenvalue weighted by Crippen LogP contribution is -2.55. The predicted octanol–water partition coefficient (Wildman–Crippen LogP) is 1.16. The van der Waals surface area contributed by atoms with Gasteiger partial charge in [-0.05, 0) is 34.9 Å². The van der Waals surface area contributed by atoms with Crippen LogP contribution in [0.25, 0.3) is 11.1 Å². The van der Waals surface area contributed by atoms with Crippen molar-refractivity contribution < 1.29 is 48.1 Å². The van der Waals surface area contributed by atoms with Crippen molar-refractivity contribution in [3.05, 3.63) is 59.2 Å². The van der Waals surface area contributed by atoms with Crippen molar-refractivity contribution in [3.63, 3.8) is 0 Å². The van der Waals surface area contributed by atoms with E-state index in [-0.39, 0.29) is 17.7 Å². The van der Waals surface area contributed by atoms with Gasteiger partial charge in [-0.25, -0.2) is 9.59 Å². The van der Waals surface area contributed by atoms with Gasteiger partial charge in [0.2, 0.25) is 5.91 Å². The summed E-state index contributed by atoms with van der Waals surface area (Å²) in [5.41, 5.74) is 2.05. The summed E-state index contributed by atoms with van der Waals surface area (Å²) in [5.74, 6) is -4.74. The molecule has 12 nitrogen and oxygen atoms in total. The third kappa shape index (κ3) is 6.33. The first-order valence-corrected chi connectivity index (χ1v) is 11.4. The summed E-state index contributed by atoms with van der Waals surface area (Å²) in [5, 5.41) is 11.8. The minimum Gasteiger partial charge on any atom is -0.478 e. The van der Waals surface area contributed by atoms with Crippen molar-refractivity contribution in [2.24, 2.45) is 0 Å². The van der Waals surface area contributed by atoms with Crippen molar-refractivity contribution in [1.82, 2.24) is 10.2 Å². The number of benzene rings is 2. The second-order valence-corrected chi connectivity index (χ2v) is 8.36. The third-order valence-electron chi connectivity index (χ3n) is 5.80. The quantitative estimate of drug-likeness (QED) is 0.339. The molecule has 0 saturated heterocycles. The molecule has 2 aromatic rings. The molecule has 12 heteroatoms.